The van der Waals surface area contributed by atoms with Crippen LogP contribution in [0.2, 0.25) is 5.02 Å². The van der Waals surface area contributed by atoms with Gasteiger partial charge in [0.05, 0.1) is 34.5 Å². The van der Waals surface area contributed by atoms with Gasteiger partial charge in [0, 0.05) is 17.2 Å². The molecule has 10 heteroatoms. The molecule has 1 aromatic heterocycles. The molecule has 3 aromatic carbocycles. The fourth-order valence-electron chi connectivity index (χ4n) is 3.11. The number of hydrogen-bond acceptors (Lipinski definition) is 6. The quantitative estimate of drug-likeness (QED) is 0.168. The highest BCUT2D eigenvalue weighted by Crippen LogP contribution is 2.25. The molecule has 4 rings (SSSR count). The summed E-state index contributed by atoms with van der Waals surface area (Å²) in [5, 5.41) is 16.0. The van der Waals surface area contributed by atoms with Crippen molar-refractivity contribution in [2.45, 2.75) is 11.7 Å². The predicted molar refractivity (Wildman–Crippen MR) is 130 cm³/mol. The second kappa shape index (κ2) is 10.3. The summed E-state index contributed by atoms with van der Waals surface area (Å²) in [5.74, 6) is -0.162. The number of carbonyl (C=O) groups excluding carboxylic acids is 1. The first-order valence-electron chi connectivity index (χ1n) is 9.88. The van der Waals surface area contributed by atoms with Gasteiger partial charge in [-0.15, -0.1) is 0 Å². The molecule has 0 bridgehead atoms. The second-order valence-corrected chi connectivity index (χ2v) is 8.41. The third-order valence-corrected chi connectivity index (χ3v) is 5.94. The minimum Gasteiger partial charge on any atom is -0.314 e. The van der Waals surface area contributed by atoms with Crippen molar-refractivity contribution in [2.75, 3.05) is 5.75 Å². The number of thioether (sulfide) groups is 1. The third-order valence-electron chi connectivity index (χ3n) is 4.71. The van der Waals surface area contributed by atoms with Gasteiger partial charge in [0.15, 0.2) is 5.16 Å². The zero-order valence-electron chi connectivity index (χ0n) is 17.2. The Morgan fingerprint density at radius 3 is 2.58 bits per heavy atom. The third kappa shape index (κ3) is 5.76. The van der Waals surface area contributed by atoms with Gasteiger partial charge in [-0.1, -0.05) is 47.6 Å². The molecule has 0 unspecified atom stereocenters. The number of aromatic nitrogens is 2. The molecule has 1 amide bonds. The monoisotopic (exact) mass is 479 g/mol. The number of para-hydroxylation sites is 2. The first-order chi connectivity index (χ1) is 16.0. The van der Waals surface area contributed by atoms with Crippen molar-refractivity contribution in [3.05, 3.63) is 99.1 Å². The van der Waals surface area contributed by atoms with Crippen molar-refractivity contribution in [3.8, 4) is 0 Å². The number of hydrazone groups is 1. The zero-order chi connectivity index (χ0) is 23.2. The van der Waals surface area contributed by atoms with E-state index in [4.69, 9.17) is 11.6 Å². The van der Waals surface area contributed by atoms with E-state index in [2.05, 4.69) is 20.1 Å². The van der Waals surface area contributed by atoms with Crippen molar-refractivity contribution in [2.24, 2.45) is 5.10 Å². The van der Waals surface area contributed by atoms with E-state index < -0.39 is 4.92 Å². The van der Waals surface area contributed by atoms with E-state index in [1.807, 2.05) is 48.5 Å². The summed E-state index contributed by atoms with van der Waals surface area (Å²) in [6, 6.07) is 21.3. The molecule has 0 saturated carbocycles. The summed E-state index contributed by atoms with van der Waals surface area (Å²) < 4.78 is 2.07. The molecule has 0 aliphatic rings. The van der Waals surface area contributed by atoms with E-state index in [0.717, 1.165) is 21.8 Å². The fourth-order valence-corrected chi connectivity index (χ4v) is 4.04. The minimum absolute atomic E-state index is 0.00549. The molecule has 1 heterocycles. The number of benzene rings is 3. The van der Waals surface area contributed by atoms with Crippen LogP contribution in [0.4, 0.5) is 5.69 Å². The molecular weight excluding hydrogens is 462 g/mol. The molecule has 33 heavy (non-hydrogen) atoms. The molecule has 0 aliphatic heterocycles. The standard InChI is InChI=1S/C23H18ClN5O3S/c24-18-9-5-17(6-10-18)14-28-21-4-2-1-3-20(21)26-23(28)33-15-22(30)27-25-13-16-7-11-19(12-8-16)29(31)32/h1-13H,14-15H2,(H,27,30). The van der Waals surface area contributed by atoms with Crippen molar-refractivity contribution in [1.82, 2.24) is 15.0 Å². The lowest BCUT2D eigenvalue weighted by Crippen LogP contribution is -2.20. The number of amides is 1. The SMILES string of the molecule is O=C(CSc1nc2ccccc2n1Cc1ccc(Cl)cc1)NN=Cc1ccc([N+](=O)[O-])cc1. The van der Waals surface area contributed by atoms with Gasteiger partial charge in [-0.25, -0.2) is 10.4 Å². The Morgan fingerprint density at radius 1 is 1.12 bits per heavy atom. The van der Waals surface area contributed by atoms with Crippen LogP contribution in [-0.2, 0) is 11.3 Å². The van der Waals surface area contributed by atoms with E-state index in [9.17, 15) is 14.9 Å². The number of hydrogen-bond donors (Lipinski definition) is 1. The summed E-state index contributed by atoms with van der Waals surface area (Å²) in [5.41, 5.74) is 6.01. The summed E-state index contributed by atoms with van der Waals surface area (Å²) in [7, 11) is 0. The van der Waals surface area contributed by atoms with E-state index >= 15 is 0 Å². The van der Waals surface area contributed by atoms with Crippen LogP contribution in [0.1, 0.15) is 11.1 Å². The first kappa shape index (κ1) is 22.5. The topological polar surface area (TPSA) is 102 Å². The lowest BCUT2D eigenvalue weighted by molar-refractivity contribution is -0.384. The van der Waals surface area contributed by atoms with Gasteiger partial charge in [0.1, 0.15) is 0 Å². The minimum atomic E-state index is -0.472. The average molecular weight is 480 g/mol. The Morgan fingerprint density at radius 2 is 1.85 bits per heavy atom. The molecule has 0 atom stereocenters. The summed E-state index contributed by atoms with van der Waals surface area (Å²) in [6.45, 7) is 0.597. The molecular formula is C23H18ClN5O3S. The molecule has 0 radical (unpaired) electrons. The van der Waals surface area contributed by atoms with Crippen molar-refractivity contribution in [3.63, 3.8) is 0 Å². The summed E-state index contributed by atoms with van der Waals surface area (Å²) >= 11 is 7.32. The van der Waals surface area contributed by atoms with Crippen LogP contribution in [0.15, 0.2) is 83.1 Å². The van der Waals surface area contributed by atoms with Gasteiger partial charge in [0.25, 0.3) is 11.6 Å². The van der Waals surface area contributed by atoms with E-state index in [-0.39, 0.29) is 17.3 Å². The number of nitrogens with zero attached hydrogens (tertiary/aromatic N) is 4. The average Bonchev–Trinajstić information content (AvgIpc) is 3.17. The van der Waals surface area contributed by atoms with Gasteiger partial charge in [0.2, 0.25) is 0 Å². The number of carbonyl (C=O) groups is 1. The number of rotatable bonds is 8. The van der Waals surface area contributed by atoms with E-state index in [1.54, 1.807) is 12.1 Å². The van der Waals surface area contributed by atoms with Crippen LogP contribution < -0.4 is 5.43 Å². The van der Waals surface area contributed by atoms with E-state index in [0.29, 0.717) is 17.1 Å². The Labute approximate surface area is 198 Å². The number of nitro groups is 1. The second-order valence-electron chi connectivity index (χ2n) is 7.03. The number of halogens is 1. The number of nitrogens with one attached hydrogen (secondary N) is 1. The van der Waals surface area contributed by atoms with Crippen LogP contribution >= 0.6 is 23.4 Å². The lowest BCUT2D eigenvalue weighted by Gasteiger charge is -2.09. The van der Waals surface area contributed by atoms with Crippen LogP contribution in [-0.4, -0.2) is 32.3 Å². The number of fused-ring (bicyclic) bond motifs is 1. The Balaban J connectivity index is 1.41. The molecule has 0 fully saturated rings. The van der Waals surface area contributed by atoms with Gasteiger partial charge < -0.3 is 4.57 Å². The molecule has 0 saturated heterocycles. The fraction of sp³-hybridized carbons (Fsp3) is 0.0870. The highest BCUT2D eigenvalue weighted by atomic mass is 35.5. The van der Waals surface area contributed by atoms with Crippen molar-refractivity contribution >= 4 is 52.2 Å². The Kier molecular flexibility index (Phi) is 7.01. The van der Waals surface area contributed by atoms with Crippen LogP contribution in [0, 0.1) is 10.1 Å². The smallest absolute Gasteiger partial charge is 0.269 e. The van der Waals surface area contributed by atoms with Crippen LogP contribution in [0.3, 0.4) is 0 Å². The van der Waals surface area contributed by atoms with E-state index in [1.165, 1.54) is 30.1 Å². The largest absolute Gasteiger partial charge is 0.314 e. The summed E-state index contributed by atoms with van der Waals surface area (Å²) in [6.07, 6.45) is 1.43. The maximum absolute atomic E-state index is 12.3. The van der Waals surface area contributed by atoms with Crippen LogP contribution in [0.25, 0.3) is 11.0 Å². The predicted octanol–water partition coefficient (Wildman–Crippen LogP) is 4.89. The maximum Gasteiger partial charge on any atom is 0.269 e. The zero-order valence-corrected chi connectivity index (χ0v) is 18.8. The molecule has 0 spiro atoms. The Hall–Kier alpha value is -3.69. The molecule has 0 aliphatic carbocycles. The highest BCUT2D eigenvalue weighted by molar-refractivity contribution is 7.99. The molecule has 166 valence electrons. The van der Waals surface area contributed by atoms with Crippen molar-refractivity contribution in [1.29, 1.82) is 0 Å². The maximum atomic E-state index is 12.3. The normalized spacial score (nSPS) is 11.2. The number of imidazole rings is 1. The highest BCUT2D eigenvalue weighted by Gasteiger charge is 2.13. The summed E-state index contributed by atoms with van der Waals surface area (Å²) in [4.78, 5) is 27.2. The van der Waals surface area contributed by atoms with Gasteiger partial charge in [-0.05, 0) is 47.5 Å². The Bertz CT molecular complexity index is 1320. The van der Waals surface area contributed by atoms with Gasteiger partial charge in [-0.3, -0.25) is 14.9 Å². The van der Waals surface area contributed by atoms with Gasteiger partial charge >= 0.3 is 0 Å². The van der Waals surface area contributed by atoms with Crippen LogP contribution in [0.5, 0.6) is 0 Å². The van der Waals surface area contributed by atoms with Crippen molar-refractivity contribution < 1.29 is 9.72 Å². The first-order valence-corrected chi connectivity index (χ1v) is 11.2. The molecule has 4 aromatic rings. The molecule has 1 N–H and O–H groups in total. The molecule has 8 nitrogen and oxygen atoms in total. The number of non-ortho nitro benzene ring substituents is 1. The van der Waals surface area contributed by atoms with Gasteiger partial charge in [-0.2, -0.15) is 5.10 Å². The lowest BCUT2D eigenvalue weighted by atomic mass is 10.2. The number of nitro benzene ring substituents is 1.